The second-order valence-corrected chi connectivity index (χ2v) is 5.88. The maximum absolute atomic E-state index is 9.88. The summed E-state index contributed by atoms with van der Waals surface area (Å²) >= 11 is 0. The van der Waals surface area contributed by atoms with Gasteiger partial charge in [0, 0.05) is 0 Å². The van der Waals surface area contributed by atoms with Crippen LogP contribution in [0.2, 0.25) is 0 Å². The van der Waals surface area contributed by atoms with E-state index in [-0.39, 0.29) is 5.41 Å². The van der Waals surface area contributed by atoms with Crippen LogP contribution in [-0.2, 0) is 21.3 Å². The molecular weight excluding hydrogens is 228 g/mol. The van der Waals surface area contributed by atoms with Crippen LogP contribution in [0, 0.1) is 0 Å². The van der Waals surface area contributed by atoms with Gasteiger partial charge in [-0.05, 0) is 29.0 Å². The fraction of sp³-hybridized carbons (Fsp3) is 0.600. The van der Waals surface area contributed by atoms with Crippen LogP contribution in [0.5, 0.6) is 5.75 Å². The highest BCUT2D eigenvalue weighted by atomic mass is 16.6. The Bertz CT molecular complexity index is 403. The molecule has 1 aliphatic heterocycles. The first-order valence-electron chi connectivity index (χ1n) is 6.48. The van der Waals surface area contributed by atoms with Gasteiger partial charge in [0.05, 0.1) is 19.8 Å². The second-order valence-electron chi connectivity index (χ2n) is 5.88. The monoisotopic (exact) mass is 250 g/mol. The molecule has 1 heterocycles. The van der Waals surface area contributed by atoms with Crippen molar-refractivity contribution in [3.63, 3.8) is 0 Å². The molecule has 1 saturated heterocycles. The number of benzene rings is 1. The van der Waals surface area contributed by atoms with Crippen LogP contribution in [0.3, 0.4) is 0 Å². The molecule has 0 aliphatic carbocycles. The van der Waals surface area contributed by atoms with Crippen molar-refractivity contribution in [2.24, 2.45) is 0 Å². The van der Waals surface area contributed by atoms with Crippen LogP contribution < -0.4 is 0 Å². The molecular formula is C15H22O3. The van der Waals surface area contributed by atoms with Gasteiger partial charge in [-0.2, -0.15) is 0 Å². The minimum Gasteiger partial charge on any atom is -0.508 e. The van der Waals surface area contributed by atoms with E-state index in [1.54, 1.807) is 6.07 Å². The van der Waals surface area contributed by atoms with Gasteiger partial charge < -0.3 is 14.6 Å². The predicted molar refractivity (Wildman–Crippen MR) is 71.1 cm³/mol. The highest BCUT2D eigenvalue weighted by Gasteiger charge is 2.22. The van der Waals surface area contributed by atoms with Crippen LogP contribution in [0.25, 0.3) is 0 Å². The standard InChI is InChI=1S/C15H22O3/c1-15(2,3)13-8-11(4-5-14(13)16)6-7-17-9-12-10-18-12/h4-5,8,12,16H,6-7,9-10H2,1-3H3. The fourth-order valence-corrected chi connectivity index (χ4v) is 1.91. The third kappa shape index (κ3) is 3.72. The third-order valence-electron chi connectivity index (χ3n) is 3.11. The van der Waals surface area contributed by atoms with E-state index in [9.17, 15) is 5.11 Å². The number of phenols is 1. The zero-order valence-electron chi connectivity index (χ0n) is 11.4. The summed E-state index contributed by atoms with van der Waals surface area (Å²) in [6.07, 6.45) is 1.20. The SMILES string of the molecule is CC(C)(C)c1cc(CCOCC2CO2)ccc1O. The summed E-state index contributed by atoms with van der Waals surface area (Å²) < 4.78 is 10.6. The summed E-state index contributed by atoms with van der Waals surface area (Å²) in [6.45, 7) is 8.55. The number of aromatic hydroxyl groups is 1. The van der Waals surface area contributed by atoms with Crippen molar-refractivity contribution in [1.29, 1.82) is 0 Å². The van der Waals surface area contributed by atoms with Gasteiger partial charge in [0.15, 0.2) is 0 Å². The Kier molecular flexibility index (Phi) is 3.93. The van der Waals surface area contributed by atoms with Crippen molar-refractivity contribution >= 4 is 0 Å². The van der Waals surface area contributed by atoms with Gasteiger partial charge in [0.2, 0.25) is 0 Å². The minimum absolute atomic E-state index is 0.0389. The summed E-state index contributed by atoms with van der Waals surface area (Å²) in [5, 5.41) is 9.88. The quantitative estimate of drug-likeness (QED) is 0.645. The molecule has 0 amide bonds. The zero-order valence-corrected chi connectivity index (χ0v) is 11.4. The van der Waals surface area contributed by atoms with Crippen molar-refractivity contribution in [3.8, 4) is 5.75 Å². The van der Waals surface area contributed by atoms with E-state index >= 15 is 0 Å². The molecule has 0 spiro atoms. The van der Waals surface area contributed by atoms with E-state index < -0.39 is 0 Å². The zero-order chi connectivity index (χ0) is 13.2. The molecule has 18 heavy (non-hydrogen) atoms. The Balaban J connectivity index is 1.91. The number of hydrogen-bond donors (Lipinski definition) is 1. The van der Waals surface area contributed by atoms with E-state index in [4.69, 9.17) is 9.47 Å². The van der Waals surface area contributed by atoms with Gasteiger partial charge in [0.25, 0.3) is 0 Å². The molecule has 1 aliphatic rings. The molecule has 1 fully saturated rings. The van der Waals surface area contributed by atoms with E-state index in [0.29, 0.717) is 25.1 Å². The first-order chi connectivity index (χ1) is 8.47. The lowest BCUT2D eigenvalue weighted by atomic mass is 9.85. The Hall–Kier alpha value is -1.06. The number of epoxide rings is 1. The van der Waals surface area contributed by atoms with Gasteiger partial charge in [-0.25, -0.2) is 0 Å². The molecule has 3 nitrogen and oxygen atoms in total. The van der Waals surface area contributed by atoms with Crippen molar-refractivity contribution in [2.75, 3.05) is 19.8 Å². The molecule has 0 aromatic heterocycles. The van der Waals surface area contributed by atoms with E-state index in [1.165, 1.54) is 5.56 Å². The van der Waals surface area contributed by atoms with Gasteiger partial charge in [-0.3, -0.25) is 0 Å². The highest BCUT2D eigenvalue weighted by Crippen LogP contribution is 2.31. The van der Waals surface area contributed by atoms with Gasteiger partial charge in [-0.1, -0.05) is 32.9 Å². The molecule has 1 aromatic rings. The molecule has 100 valence electrons. The molecule has 1 unspecified atom stereocenters. The summed E-state index contributed by atoms with van der Waals surface area (Å²) in [4.78, 5) is 0. The van der Waals surface area contributed by atoms with Gasteiger partial charge in [0.1, 0.15) is 11.9 Å². The van der Waals surface area contributed by atoms with Crippen molar-refractivity contribution in [2.45, 2.75) is 38.7 Å². The molecule has 3 heteroatoms. The largest absolute Gasteiger partial charge is 0.508 e. The summed E-state index contributed by atoms with van der Waals surface area (Å²) in [6, 6.07) is 5.81. The molecule has 0 saturated carbocycles. The minimum atomic E-state index is -0.0389. The van der Waals surface area contributed by atoms with Crippen LogP contribution in [0.15, 0.2) is 18.2 Å². The third-order valence-corrected chi connectivity index (χ3v) is 3.11. The summed E-state index contributed by atoms with van der Waals surface area (Å²) in [5.74, 6) is 0.374. The lowest BCUT2D eigenvalue weighted by Gasteiger charge is -2.21. The van der Waals surface area contributed by atoms with Crippen LogP contribution in [0.1, 0.15) is 31.9 Å². The lowest BCUT2D eigenvalue weighted by Crippen LogP contribution is -2.12. The van der Waals surface area contributed by atoms with Crippen molar-refractivity contribution in [3.05, 3.63) is 29.3 Å². The first kappa shape index (κ1) is 13.4. The van der Waals surface area contributed by atoms with Crippen LogP contribution >= 0.6 is 0 Å². The average Bonchev–Trinajstić information content (AvgIpc) is 3.09. The molecule has 0 bridgehead atoms. The van der Waals surface area contributed by atoms with E-state index in [0.717, 1.165) is 18.6 Å². The van der Waals surface area contributed by atoms with Crippen LogP contribution in [0.4, 0.5) is 0 Å². The number of rotatable bonds is 5. The number of ether oxygens (including phenoxy) is 2. The first-order valence-corrected chi connectivity index (χ1v) is 6.48. The smallest absolute Gasteiger partial charge is 0.119 e. The summed E-state index contributed by atoms with van der Waals surface area (Å²) in [5.41, 5.74) is 2.16. The Labute approximate surface area is 109 Å². The number of hydrogen-bond acceptors (Lipinski definition) is 3. The fourth-order valence-electron chi connectivity index (χ4n) is 1.91. The summed E-state index contributed by atoms with van der Waals surface area (Å²) in [7, 11) is 0. The van der Waals surface area contributed by atoms with Crippen LogP contribution in [-0.4, -0.2) is 31.0 Å². The Morgan fingerprint density at radius 1 is 1.39 bits per heavy atom. The molecule has 1 aromatic carbocycles. The molecule has 0 radical (unpaired) electrons. The average molecular weight is 250 g/mol. The lowest BCUT2D eigenvalue weighted by molar-refractivity contribution is 0.119. The van der Waals surface area contributed by atoms with Gasteiger partial charge >= 0.3 is 0 Å². The molecule has 1 N–H and O–H groups in total. The van der Waals surface area contributed by atoms with E-state index in [1.807, 2.05) is 6.07 Å². The normalized spacial score (nSPS) is 18.9. The molecule has 1 atom stereocenters. The second kappa shape index (κ2) is 5.29. The van der Waals surface area contributed by atoms with E-state index in [2.05, 4.69) is 26.8 Å². The van der Waals surface area contributed by atoms with Crippen molar-refractivity contribution in [1.82, 2.24) is 0 Å². The highest BCUT2D eigenvalue weighted by molar-refractivity contribution is 5.40. The number of phenolic OH excluding ortho intramolecular Hbond substituents is 1. The Morgan fingerprint density at radius 2 is 2.11 bits per heavy atom. The van der Waals surface area contributed by atoms with Gasteiger partial charge in [-0.15, -0.1) is 0 Å². The predicted octanol–water partition coefficient (Wildman–Crippen LogP) is 2.65. The molecule has 2 rings (SSSR count). The Morgan fingerprint density at radius 3 is 2.72 bits per heavy atom. The topological polar surface area (TPSA) is 42.0 Å². The van der Waals surface area contributed by atoms with Crippen molar-refractivity contribution < 1.29 is 14.6 Å². The maximum Gasteiger partial charge on any atom is 0.119 e. The maximum atomic E-state index is 9.88.